The summed E-state index contributed by atoms with van der Waals surface area (Å²) in [5.41, 5.74) is -0.374. The number of hydrogen-bond donors (Lipinski definition) is 1. The number of aliphatic hydroxyl groups is 1. The highest BCUT2D eigenvalue weighted by Crippen LogP contribution is 2.33. The van der Waals surface area contributed by atoms with Gasteiger partial charge in [-0.3, -0.25) is 0 Å². The summed E-state index contributed by atoms with van der Waals surface area (Å²) in [5, 5.41) is 9.80. The first-order valence-electron chi connectivity index (χ1n) is 9.69. The molecule has 0 amide bonds. The lowest BCUT2D eigenvalue weighted by molar-refractivity contribution is -0.154. The lowest BCUT2D eigenvalue weighted by Gasteiger charge is -2.24. The van der Waals surface area contributed by atoms with Crippen LogP contribution in [0.15, 0.2) is 54.1 Å². The molecule has 0 aromatic heterocycles. The number of cyclic esters (lactones) is 1. The van der Waals surface area contributed by atoms with E-state index >= 15 is 0 Å². The molecule has 1 fully saturated rings. The molecule has 1 saturated heterocycles. The Bertz CT molecular complexity index is 1010. The Morgan fingerprint density at radius 3 is 2.31 bits per heavy atom. The Labute approximate surface area is 182 Å². The van der Waals surface area contributed by atoms with Crippen molar-refractivity contribution in [3.63, 3.8) is 0 Å². The number of esters is 2. The van der Waals surface area contributed by atoms with Gasteiger partial charge in [0.05, 0.1) is 17.7 Å². The lowest BCUT2D eigenvalue weighted by atomic mass is 9.98. The predicted octanol–water partition coefficient (Wildman–Crippen LogP) is 3.69. The van der Waals surface area contributed by atoms with Crippen LogP contribution in [-0.2, 0) is 20.4 Å². The predicted molar refractivity (Wildman–Crippen MR) is 111 cm³/mol. The number of anilines is 1. The first-order chi connectivity index (χ1) is 15.0. The van der Waals surface area contributed by atoms with Crippen LogP contribution in [-0.4, -0.2) is 50.0 Å². The molecule has 9 heteroatoms. The molecule has 1 N–H and O–H groups in total. The standard InChI is InChI=1S/C23H22F3NO5/c1-27(2)19-9-3-15(4-10-19)11-17-12-22(13-28,32-21(17)30)14-31-20(29)16-5-7-18(8-6-16)23(24,25)26/h3-11,28H,12-14H2,1-2H3/b17-11+. The van der Waals surface area contributed by atoms with Gasteiger partial charge in [-0.05, 0) is 48.0 Å². The van der Waals surface area contributed by atoms with E-state index in [0.717, 1.165) is 35.5 Å². The van der Waals surface area contributed by atoms with E-state index in [1.807, 2.05) is 43.3 Å². The summed E-state index contributed by atoms with van der Waals surface area (Å²) in [4.78, 5) is 26.5. The van der Waals surface area contributed by atoms with Crippen LogP contribution in [0.3, 0.4) is 0 Å². The summed E-state index contributed by atoms with van der Waals surface area (Å²) in [5.74, 6) is -1.53. The molecule has 1 aliphatic heterocycles. The fraction of sp³-hybridized carbons (Fsp3) is 0.304. The van der Waals surface area contributed by atoms with Crippen molar-refractivity contribution in [1.29, 1.82) is 0 Å². The van der Waals surface area contributed by atoms with Gasteiger partial charge in [-0.2, -0.15) is 13.2 Å². The summed E-state index contributed by atoms with van der Waals surface area (Å²) in [6.45, 7) is -1.03. The SMILES string of the molecule is CN(C)c1ccc(/C=C2\CC(CO)(COC(=O)c3ccc(C(F)(F)F)cc3)OC2=O)cc1. The molecule has 1 unspecified atom stereocenters. The number of ether oxygens (including phenoxy) is 2. The highest BCUT2D eigenvalue weighted by Gasteiger charge is 2.44. The summed E-state index contributed by atoms with van der Waals surface area (Å²) < 4.78 is 48.4. The molecule has 170 valence electrons. The summed E-state index contributed by atoms with van der Waals surface area (Å²) in [6.07, 6.45) is -2.87. The molecule has 2 aromatic carbocycles. The Hall–Kier alpha value is -3.33. The Balaban J connectivity index is 1.68. The number of carbonyl (C=O) groups is 2. The zero-order valence-electron chi connectivity index (χ0n) is 17.5. The average Bonchev–Trinajstić information content (AvgIpc) is 3.07. The molecule has 6 nitrogen and oxygen atoms in total. The number of benzene rings is 2. The van der Waals surface area contributed by atoms with E-state index in [1.54, 1.807) is 6.08 Å². The van der Waals surface area contributed by atoms with Gasteiger partial charge in [-0.25, -0.2) is 9.59 Å². The van der Waals surface area contributed by atoms with E-state index in [9.17, 15) is 27.9 Å². The van der Waals surface area contributed by atoms with E-state index in [1.165, 1.54) is 0 Å². The van der Waals surface area contributed by atoms with E-state index in [-0.39, 0.29) is 12.0 Å². The maximum absolute atomic E-state index is 12.7. The third-order valence-electron chi connectivity index (χ3n) is 5.04. The van der Waals surface area contributed by atoms with Crippen molar-refractivity contribution in [2.45, 2.75) is 18.2 Å². The van der Waals surface area contributed by atoms with Gasteiger partial charge in [0, 0.05) is 31.8 Å². The van der Waals surface area contributed by atoms with Gasteiger partial charge in [-0.1, -0.05) is 12.1 Å². The maximum Gasteiger partial charge on any atom is 0.416 e. The molecule has 0 bridgehead atoms. The number of rotatable bonds is 6. The van der Waals surface area contributed by atoms with E-state index in [4.69, 9.17) is 9.47 Å². The molecule has 2 aromatic rings. The second-order valence-corrected chi connectivity index (χ2v) is 7.71. The minimum Gasteiger partial charge on any atom is -0.458 e. The molecular formula is C23H22F3NO5. The van der Waals surface area contributed by atoms with Crippen molar-refractivity contribution in [1.82, 2.24) is 0 Å². The quantitative estimate of drug-likeness (QED) is 0.536. The van der Waals surface area contributed by atoms with Gasteiger partial charge in [0.15, 0.2) is 5.60 Å². The van der Waals surface area contributed by atoms with E-state index in [2.05, 4.69) is 0 Å². The maximum atomic E-state index is 12.7. The Kier molecular flexibility index (Phi) is 6.59. The fourth-order valence-corrected chi connectivity index (χ4v) is 3.19. The molecule has 3 rings (SSSR count). The lowest BCUT2D eigenvalue weighted by Crippen LogP contribution is -2.39. The third kappa shape index (κ3) is 5.28. The number of aliphatic hydroxyl groups excluding tert-OH is 1. The number of alkyl halides is 3. The van der Waals surface area contributed by atoms with E-state index < -0.39 is 42.5 Å². The second kappa shape index (κ2) is 9.04. The number of hydrogen-bond acceptors (Lipinski definition) is 6. The van der Waals surface area contributed by atoms with Crippen LogP contribution in [0.1, 0.15) is 27.9 Å². The van der Waals surface area contributed by atoms with Crippen LogP contribution in [0.5, 0.6) is 0 Å². The number of nitrogens with zero attached hydrogens (tertiary/aromatic N) is 1. The van der Waals surface area contributed by atoms with Crippen LogP contribution < -0.4 is 4.90 Å². The molecule has 1 aliphatic rings. The van der Waals surface area contributed by atoms with E-state index in [0.29, 0.717) is 5.57 Å². The highest BCUT2D eigenvalue weighted by atomic mass is 19.4. The molecule has 1 heterocycles. The molecular weight excluding hydrogens is 427 g/mol. The van der Waals surface area contributed by atoms with Crippen molar-refractivity contribution >= 4 is 23.7 Å². The van der Waals surface area contributed by atoms with Crippen LogP contribution >= 0.6 is 0 Å². The smallest absolute Gasteiger partial charge is 0.416 e. The number of carbonyl (C=O) groups excluding carboxylic acids is 2. The Morgan fingerprint density at radius 1 is 1.16 bits per heavy atom. The van der Waals surface area contributed by atoms with Crippen LogP contribution in [0.4, 0.5) is 18.9 Å². The van der Waals surface area contributed by atoms with Crippen LogP contribution in [0.25, 0.3) is 6.08 Å². The van der Waals surface area contributed by atoms with Crippen molar-refractivity contribution in [3.05, 3.63) is 70.8 Å². The van der Waals surface area contributed by atoms with Crippen LogP contribution in [0, 0.1) is 0 Å². The monoisotopic (exact) mass is 449 g/mol. The van der Waals surface area contributed by atoms with Crippen molar-refractivity contribution in [2.24, 2.45) is 0 Å². The molecule has 0 saturated carbocycles. The van der Waals surface area contributed by atoms with Gasteiger partial charge in [0.2, 0.25) is 0 Å². The molecule has 0 aliphatic carbocycles. The normalized spacial score (nSPS) is 19.7. The minimum atomic E-state index is -4.52. The highest BCUT2D eigenvalue weighted by molar-refractivity contribution is 5.96. The molecule has 1 atom stereocenters. The average molecular weight is 449 g/mol. The zero-order chi connectivity index (χ0) is 23.5. The van der Waals surface area contributed by atoms with Crippen molar-refractivity contribution < 1.29 is 37.3 Å². The fourth-order valence-electron chi connectivity index (χ4n) is 3.19. The van der Waals surface area contributed by atoms with Gasteiger partial charge in [-0.15, -0.1) is 0 Å². The van der Waals surface area contributed by atoms with Gasteiger partial charge in [0.25, 0.3) is 0 Å². The molecule has 0 radical (unpaired) electrons. The van der Waals surface area contributed by atoms with Crippen LogP contribution in [0.2, 0.25) is 0 Å². The first kappa shape index (κ1) is 23.3. The first-order valence-corrected chi connectivity index (χ1v) is 9.69. The van der Waals surface area contributed by atoms with Crippen molar-refractivity contribution in [2.75, 3.05) is 32.2 Å². The van der Waals surface area contributed by atoms with Gasteiger partial charge >= 0.3 is 18.1 Å². The topological polar surface area (TPSA) is 76.1 Å². The summed E-state index contributed by atoms with van der Waals surface area (Å²) in [6, 6.07) is 11.0. The zero-order valence-corrected chi connectivity index (χ0v) is 17.5. The second-order valence-electron chi connectivity index (χ2n) is 7.71. The summed E-state index contributed by atoms with van der Waals surface area (Å²) >= 11 is 0. The van der Waals surface area contributed by atoms with Gasteiger partial charge in [0.1, 0.15) is 6.61 Å². The molecule has 0 spiro atoms. The Morgan fingerprint density at radius 2 is 1.78 bits per heavy atom. The largest absolute Gasteiger partial charge is 0.458 e. The summed E-state index contributed by atoms with van der Waals surface area (Å²) in [7, 11) is 3.81. The molecule has 32 heavy (non-hydrogen) atoms. The third-order valence-corrected chi connectivity index (χ3v) is 5.04. The van der Waals surface area contributed by atoms with Crippen molar-refractivity contribution in [3.8, 4) is 0 Å². The minimum absolute atomic E-state index is 0.0120. The number of halogens is 3. The van der Waals surface area contributed by atoms with Gasteiger partial charge < -0.3 is 19.5 Å².